The SMILES string of the molecule is O=C(O)C1c2ccnn2CCN1C(=O)OCC1c2ccccc2-c2ccccc21. The Bertz CT molecular complexity index is 1060. The van der Waals surface area contributed by atoms with E-state index in [4.69, 9.17) is 4.74 Å². The predicted octanol–water partition coefficient (Wildman–Crippen LogP) is 3.27. The molecule has 1 atom stereocenters. The molecule has 0 saturated heterocycles. The smallest absolute Gasteiger partial charge is 0.410 e. The predicted molar refractivity (Wildman–Crippen MR) is 104 cm³/mol. The second-order valence-electron chi connectivity index (χ2n) is 7.22. The lowest BCUT2D eigenvalue weighted by molar-refractivity contribution is -0.144. The average molecular weight is 389 g/mol. The monoisotopic (exact) mass is 389 g/mol. The van der Waals surface area contributed by atoms with Crippen LogP contribution >= 0.6 is 0 Å². The summed E-state index contributed by atoms with van der Waals surface area (Å²) in [6.45, 7) is 0.841. The third-order valence-corrected chi connectivity index (χ3v) is 5.70. The Hall–Kier alpha value is -3.61. The largest absolute Gasteiger partial charge is 0.479 e. The van der Waals surface area contributed by atoms with E-state index in [0.29, 0.717) is 12.2 Å². The molecule has 1 unspecified atom stereocenters. The maximum atomic E-state index is 12.8. The van der Waals surface area contributed by atoms with E-state index in [9.17, 15) is 14.7 Å². The number of carbonyl (C=O) groups is 2. The number of nitrogens with zero attached hydrogens (tertiary/aromatic N) is 3. The molecule has 1 aromatic heterocycles. The Labute approximate surface area is 167 Å². The second kappa shape index (κ2) is 6.77. The molecule has 5 rings (SSSR count). The minimum Gasteiger partial charge on any atom is -0.479 e. The van der Waals surface area contributed by atoms with E-state index in [2.05, 4.69) is 17.2 Å². The Morgan fingerprint density at radius 2 is 1.66 bits per heavy atom. The van der Waals surface area contributed by atoms with Gasteiger partial charge in [-0.1, -0.05) is 48.5 Å². The summed E-state index contributed by atoms with van der Waals surface area (Å²) >= 11 is 0. The molecule has 7 heteroatoms. The third kappa shape index (κ3) is 2.77. The number of carboxylic acids is 1. The van der Waals surface area contributed by atoms with Crippen molar-refractivity contribution in [3.63, 3.8) is 0 Å². The van der Waals surface area contributed by atoms with Crippen molar-refractivity contribution in [2.24, 2.45) is 0 Å². The molecular weight excluding hydrogens is 370 g/mol. The summed E-state index contributed by atoms with van der Waals surface area (Å²) < 4.78 is 7.26. The minimum absolute atomic E-state index is 0.0649. The van der Waals surface area contributed by atoms with Gasteiger partial charge in [0.25, 0.3) is 0 Å². The van der Waals surface area contributed by atoms with E-state index in [1.54, 1.807) is 16.9 Å². The van der Waals surface area contributed by atoms with Gasteiger partial charge < -0.3 is 9.84 Å². The Morgan fingerprint density at radius 3 is 2.31 bits per heavy atom. The summed E-state index contributed by atoms with van der Waals surface area (Å²) in [5.74, 6) is -1.16. The number of aliphatic carboxylic acids is 1. The second-order valence-corrected chi connectivity index (χ2v) is 7.22. The fourth-order valence-corrected chi connectivity index (χ4v) is 4.39. The zero-order valence-corrected chi connectivity index (χ0v) is 15.6. The van der Waals surface area contributed by atoms with Crippen molar-refractivity contribution >= 4 is 12.1 Å². The number of rotatable bonds is 3. The van der Waals surface area contributed by atoms with Crippen LogP contribution in [0, 0.1) is 0 Å². The molecule has 2 heterocycles. The highest BCUT2D eigenvalue weighted by molar-refractivity contribution is 5.82. The molecule has 1 N–H and O–H groups in total. The summed E-state index contributed by atoms with van der Waals surface area (Å²) in [5, 5.41) is 13.8. The Kier molecular flexibility index (Phi) is 4.08. The van der Waals surface area contributed by atoms with E-state index in [0.717, 1.165) is 22.3 Å². The van der Waals surface area contributed by atoms with E-state index in [-0.39, 0.29) is 19.1 Å². The summed E-state index contributed by atoms with van der Waals surface area (Å²) in [5.41, 5.74) is 5.02. The van der Waals surface area contributed by atoms with Crippen LogP contribution in [0.25, 0.3) is 11.1 Å². The van der Waals surface area contributed by atoms with Crippen molar-refractivity contribution < 1.29 is 19.4 Å². The molecule has 0 spiro atoms. The van der Waals surface area contributed by atoms with E-state index in [1.807, 2.05) is 36.4 Å². The highest BCUT2D eigenvalue weighted by atomic mass is 16.6. The topological polar surface area (TPSA) is 84.7 Å². The van der Waals surface area contributed by atoms with Crippen molar-refractivity contribution in [2.45, 2.75) is 18.5 Å². The van der Waals surface area contributed by atoms with Gasteiger partial charge in [-0.05, 0) is 28.3 Å². The quantitative estimate of drug-likeness (QED) is 0.743. The van der Waals surface area contributed by atoms with Crippen molar-refractivity contribution in [3.05, 3.63) is 77.6 Å². The van der Waals surface area contributed by atoms with Crippen LogP contribution in [-0.2, 0) is 16.1 Å². The van der Waals surface area contributed by atoms with Gasteiger partial charge in [0.2, 0.25) is 0 Å². The van der Waals surface area contributed by atoms with Gasteiger partial charge in [-0.15, -0.1) is 0 Å². The molecule has 0 radical (unpaired) electrons. The summed E-state index contributed by atoms with van der Waals surface area (Å²) in [6.07, 6.45) is 0.929. The maximum Gasteiger partial charge on any atom is 0.410 e. The highest BCUT2D eigenvalue weighted by Gasteiger charge is 2.38. The number of benzene rings is 2. The summed E-state index contributed by atoms with van der Waals surface area (Å²) in [4.78, 5) is 25.9. The lowest BCUT2D eigenvalue weighted by Gasteiger charge is -2.33. The zero-order chi connectivity index (χ0) is 20.0. The molecule has 2 aromatic carbocycles. The average Bonchev–Trinajstić information content (AvgIpc) is 3.34. The van der Waals surface area contributed by atoms with Crippen molar-refractivity contribution in [1.29, 1.82) is 0 Å². The standard InChI is InChI=1S/C22H19N3O4/c26-21(27)20-19-9-10-23-25(19)12-11-24(20)22(28)29-13-18-16-7-3-1-5-14(16)15-6-2-4-8-17(15)18/h1-10,18,20H,11-13H2,(H,26,27). The Morgan fingerprint density at radius 1 is 1.00 bits per heavy atom. The first kappa shape index (κ1) is 17.5. The maximum absolute atomic E-state index is 12.8. The first-order valence-electron chi connectivity index (χ1n) is 9.51. The van der Waals surface area contributed by atoms with Crippen molar-refractivity contribution in [3.8, 4) is 11.1 Å². The van der Waals surface area contributed by atoms with Gasteiger partial charge in [0, 0.05) is 18.7 Å². The van der Waals surface area contributed by atoms with Crippen molar-refractivity contribution in [1.82, 2.24) is 14.7 Å². The summed E-state index contributed by atoms with van der Waals surface area (Å²) in [6, 6.07) is 16.7. The fraction of sp³-hybridized carbons (Fsp3) is 0.227. The number of amides is 1. The van der Waals surface area contributed by atoms with Crippen LogP contribution in [0.2, 0.25) is 0 Å². The van der Waals surface area contributed by atoms with Crippen molar-refractivity contribution in [2.75, 3.05) is 13.2 Å². The van der Waals surface area contributed by atoms with Crippen LogP contribution in [0.15, 0.2) is 60.8 Å². The van der Waals surface area contributed by atoms with Gasteiger partial charge in [0.1, 0.15) is 6.61 Å². The van der Waals surface area contributed by atoms with Gasteiger partial charge in [-0.2, -0.15) is 5.10 Å². The lowest BCUT2D eigenvalue weighted by atomic mass is 9.98. The van der Waals surface area contributed by atoms with Crippen LogP contribution in [0.5, 0.6) is 0 Å². The van der Waals surface area contributed by atoms with Crippen LogP contribution in [-0.4, -0.2) is 45.0 Å². The molecule has 0 bridgehead atoms. The molecule has 0 saturated carbocycles. The molecule has 1 amide bonds. The number of carbonyl (C=O) groups excluding carboxylic acids is 1. The van der Waals surface area contributed by atoms with E-state index < -0.39 is 18.1 Å². The molecule has 7 nitrogen and oxygen atoms in total. The van der Waals surface area contributed by atoms with Gasteiger partial charge in [0.05, 0.1) is 12.2 Å². The number of hydrogen-bond acceptors (Lipinski definition) is 4. The van der Waals surface area contributed by atoms with Crippen LogP contribution in [0.4, 0.5) is 4.79 Å². The zero-order valence-electron chi connectivity index (χ0n) is 15.6. The molecule has 29 heavy (non-hydrogen) atoms. The number of carboxylic acid groups (broad SMARTS) is 1. The molecule has 146 valence electrons. The van der Waals surface area contributed by atoms with Gasteiger partial charge in [0.15, 0.2) is 6.04 Å². The molecular formula is C22H19N3O4. The number of ether oxygens (including phenoxy) is 1. The number of aromatic nitrogens is 2. The number of fused-ring (bicyclic) bond motifs is 4. The first-order valence-corrected chi connectivity index (χ1v) is 9.51. The molecule has 0 fully saturated rings. The fourth-order valence-electron chi connectivity index (χ4n) is 4.39. The van der Waals surface area contributed by atoms with E-state index >= 15 is 0 Å². The Balaban J connectivity index is 1.38. The number of hydrogen-bond donors (Lipinski definition) is 1. The highest BCUT2D eigenvalue weighted by Crippen LogP contribution is 2.44. The molecule has 1 aliphatic heterocycles. The normalized spacial score (nSPS) is 17.4. The van der Waals surface area contributed by atoms with Crippen LogP contribution < -0.4 is 0 Å². The van der Waals surface area contributed by atoms with Gasteiger partial charge in [-0.3, -0.25) is 9.58 Å². The first-order chi connectivity index (χ1) is 14.1. The molecule has 1 aliphatic carbocycles. The summed E-state index contributed by atoms with van der Waals surface area (Å²) in [7, 11) is 0. The minimum atomic E-state index is -1.10. The van der Waals surface area contributed by atoms with Crippen LogP contribution in [0.1, 0.15) is 28.8 Å². The van der Waals surface area contributed by atoms with Gasteiger partial charge >= 0.3 is 12.1 Å². The third-order valence-electron chi connectivity index (χ3n) is 5.70. The molecule has 3 aromatic rings. The molecule has 2 aliphatic rings. The van der Waals surface area contributed by atoms with Gasteiger partial charge in [-0.25, -0.2) is 9.59 Å². The lowest BCUT2D eigenvalue weighted by Crippen LogP contribution is -2.46. The van der Waals surface area contributed by atoms with Crippen LogP contribution in [0.3, 0.4) is 0 Å². The van der Waals surface area contributed by atoms with E-state index in [1.165, 1.54) is 4.90 Å².